The quantitative estimate of drug-likeness (QED) is 0.633. The third-order valence-corrected chi connectivity index (χ3v) is 5.25. The minimum absolute atomic E-state index is 0.0447. The zero-order valence-corrected chi connectivity index (χ0v) is 16.9. The van der Waals surface area contributed by atoms with Gasteiger partial charge in [0.05, 0.1) is 6.61 Å². The zero-order chi connectivity index (χ0) is 20.2. The van der Waals surface area contributed by atoms with E-state index < -0.39 is 0 Å². The second-order valence-electron chi connectivity index (χ2n) is 7.47. The minimum Gasteiger partial charge on any atom is -0.395 e. The standard InChI is InChI=1S/C23H27N5O/c1-17-24-22-21(28(17)14-19-11-7-4-8-12-19)15-27(2)23(26-22)25-20(16-29)13-18-9-5-3-6-10-18/h3-12,15,20,23,25,29H,13-14,16H2,1-2H3/t20-,23?/m1/s1. The van der Waals surface area contributed by atoms with Gasteiger partial charge in [0.1, 0.15) is 11.2 Å². The lowest BCUT2D eigenvalue weighted by Crippen LogP contribution is -2.53. The Morgan fingerprint density at radius 3 is 2.34 bits per heavy atom. The summed E-state index contributed by atoms with van der Waals surface area (Å²) < 4.78 is 2.19. The van der Waals surface area contributed by atoms with Crippen LogP contribution < -0.4 is 16.2 Å². The van der Waals surface area contributed by atoms with Crippen LogP contribution in [0.1, 0.15) is 17.0 Å². The summed E-state index contributed by atoms with van der Waals surface area (Å²) in [5.74, 6) is 0.941. The van der Waals surface area contributed by atoms with Crippen molar-refractivity contribution in [1.29, 1.82) is 0 Å². The first-order chi connectivity index (χ1) is 14.1. The molecule has 3 aromatic rings. The highest BCUT2D eigenvalue weighted by molar-refractivity contribution is 5.23. The first-order valence-corrected chi connectivity index (χ1v) is 9.93. The fourth-order valence-corrected chi connectivity index (χ4v) is 3.66. The number of hydrogen-bond acceptors (Lipinski definition) is 5. The van der Waals surface area contributed by atoms with E-state index in [0.717, 1.165) is 29.6 Å². The van der Waals surface area contributed by atoms with E-state index in [-0.39, 0.29) is 18.9 Å². The van der Waals surface area contributed by atoms with Crippen LogP contribution in [-0.2, 0) is 13.0 Å². The molecule has 1 aliphatic rings. The van der Waals surface area contributed by atoms with Crippen LogP contribution in [-0.4, -0.2) is 45.5 Å². The van der Waals surface area contributed by atoms with Crippen LogP contribution in [0.2, 0.25) is 0 Å². The summed E-state index contributed by atoms with van der Waals surface area (Å²) in [6.07, 6.45) is 2.56. The fourth-order valence-electron chi connectivity index (χ4n) is 3.66. The predicted molar refractivity (Wildman–Crippen MR) is 113 cm³/mol. The van der Waals surface area contributed by atoms with E-state index in [1.165, 1.54) is 11.1 Å². The normalized spacial score (nSPS) is 16.7. The average molecular weight is 390 g/mol. The van der Waals surface area contributed by atoms with Crippen molar-refractivity contribution in [3.63, 3.8) is 0 Å². The van der Waals surface area contributed by atoms with Gasteiger partial charge in [-0.25, -0.2) is 9.98 Å². The van der Waals surface area contributed by atoms with Crippen molar-refractivity contribution in [3.05, 3.63) is 88.5 Å². The summed E-state index contributed by atoms with van der Waals surface area (Å²) >= 11 is 0. The molecule has 2 aromatic carbocycles. The highest BCUT2D eigenvalue weighted by Gasteiger charge is 2.21. The van der Waals surface area contributed by atoms with Crippen LogP contribution >= 0.6 is 0 Å². The summed E-state index contributed by atoms with van der Waals surface area (Å²) in [5.41, 5.74) is 3.16. The molecule has 0 amide bonds. The Morgan fingerprint density at radius 2 is 1.69 bits per heavy atom. The number of rotatable bonds is 7. The maximum absolute atomic E-state index is 9.86. The summed E-state index contributed by atoms with van der Waals surface area (Å²) in [7, 11) is 2.00. The Kier molecular flexibility index (Phi) is 5.74. The molecule has 1 aromatic heterocycles. The maximum atomic E-state index is 9.86. The molecule has 6 nitrogen and oxygen atoms in total. The van der Waals surface area contributed by atoms with Gasteiger partial charge in [0, 0.05) is 25.8 Å². The molecule has 2 heterocycles. The first-order valence-electron chi connectivity index (χ1n) is 9.93. The summed E-state index contributed by atoms with van der Waals surface area (Å²) in [5, 5.41) is 14.3. The van der Waals surface area contributed by atoms with Gasteiger partial charge in [-0.1, -0.05) is 60.7 Å². The minimum atomic E-state index is -0.261. The van der Waals surface area contributed by atoms with Gasteiger partial charge in [-0.15, -0.1) is 0 Å². The monoisotopic (exact) mass is 389 g/mol. The number of aliphatic hydroxyl groups is 1. The molecule has 0 spiro atoms. The number of hydrogen-bond donors (Lipinski definition) is 2. The molecular formula is C23H27N5O. The van der Waals surface area contributed by atoms with Crippen molar-refractivity contribution in [1.82, 2.24) is 19.8 Å². The molecule has 1 aliphatic heterocycles. The number of benzene rings is 2. The first kappa shape index (κ1) is 19.4. The molecule has 0 aliphatic carbocycles. The molecule has 0 saturated heterocycles. The van der Waals surface area contributed by atoms with Gasteiger partial charge in [-0.2, -0.15) is 0 Å². The van der Waals surface area contributed by atoms with Crippen molar-refractivity contribution in [2.75, 3.05) is 13.7 Å². The van der Waals surface area contributed by atoms with E-state index in [9.17, 15) is 5.11 Å². The molecule has 150 valence electrons. The second kappa shape index (κ2) is 8.59. The van der Waals surface area contributed by atoms with Crippen LogP contribution in [0.4, 0.5) is 0 Å². The number of aromatic nitrogens is 2. The Labute approximate surface area is 170 Å². The van der Waals surface area contributed by atoms with Gasteiger partial charge in [0.15, 0.2) is 11.8 Å². The van der Waals surface area contributed by atoms with Gasteiger partial charge in [-0.05, 0) is 24.5 Å². The van der Waals surface area contributed by atoms with Crippen molar-refractivity contribution >= 4 is 6.20 Å². The number of nitrogens with one attached hydrogen (secondary N) is 1. The third kappa shape index (κ3) is 4.39. The molecule has 29 heavy (non-hydrogen) atoms. The number of fused-ring (bicyclic) bond motifs is 1. The highest BCUT2D eigenvalue weighted by atomic mass is 16.3. The van der Waals surface area contributed by atoms with Crippen LogP contribution in [0.5, 0.6) is 0 Å². The number of aryl methyl sites for hydroxylation is 1. The van der Waals surface area contributed by atoms with E-state index in [0.29, 0.717) is 0 Å². The van der Waals surface area contributed by atoms with Crippen molar-refractivity contribution in [3.8, 4) is 0 Å². The van der Waals surface area contributed by atoms with E-state index in [1.807, 2.05) is 43.1 Å². The molecule has 0 fully saturated rings. The van der Waals surface area contributed by atoms with Gasteiger partial charge >= 0.3 is 0 Å². The molecule has 0 bridgehead atoms. The lowest BCUT2D eigenvalue weighted by atomic mass is 10.1. The summed E-state index contributed by atoms with van der Waals surface area (Å²) in [4.78, 5) is 11.5. The summed E-state index contributed by atoms with van der Waals surface area (Å²) in [6, 6.07) is 20.5. The molecule has 1 unspecified atom stereocenters. The maximum Gasteiger partial charge on any atom is 0.178 e. The Balaban J connectivity index is 1.56. The Morgan fingerprint density at radius 1 is 1.03 bits per heavy atom. The van der Waals surface area contributed by atoms with Crippen molar-refractivity contribution < 1.29 is 5.11 Å². The van der Waals surface area contributed by atoms with E-state index in [1.54, 1.807) is 0 Å². The smallest absolute Gasteiger partial charge is 0.178 e. The molecule has 6 heteroatoms. The summed E-state index contributed by atoms with van der Waals surface area (Å²) in [6.45, 7) is 2.82. The van der Waals surface area contributed by atoms with Gasteiger partial charge < -0.3 is 14.6 Å². The van der Waals surface area contributed by atoms with Crippen LogP contribution in [0.15, 0.2) is 65.7 Å². The number of imidazole rings is 1. The van der Waals surface area contributed by atoms with Gasteiger partial charge in [0.25, 0.3) is 0 Å². The molecular weight excluding hydrogens is 362 g/mol. The Hall–Kier alpha value is -2.96. The second-order valence-corrected chi connectivity index (χ2v) is 7.47. The molecule has 0 radical (unpaired) electrons. The molecule has 2 atom stereocenters. The average Bonchev–Trinajstić information content (AvgIpc) is 3.03. The van der Waals surface area contributed by atoms with Gasteiger partial charge in [0.2, 0.25) is 0 Å². The number of nitrogens with zero attached hydrogens (tertiary/aromatic N) is 4. The zero-order valence-electron chi connectivity index (χ0n) is 16.9. The molecule has 4 rings (SSSR count). The van der Waals surface area contributed by atoms with Crippen LogP contribution in [0.25, 0.3) is 6.20 Å². The van der Waals surface area contributed by atoms with Gasteiger partial charge in [-0.3, -0.25) is 5.32 Å². The van der Waals surface area contributed by atoms with Crippen LogP contribution in [0, 0.1) is 6.92 Å². The van der Waals surface area contributed by atoms with E-state index >= 15 is 0 Å². The lowest BCUT2D eigenvalue weighted by Gasteiger charge is -2.29. The Bertz CT molecular complexity index is 1060. The molecule has 2 N–H and O–H groups in total. The lowest BCUT2D eigenvalue weighted by molar-refractivity contribution is 0.194. The fraction of sp³-hybridized carbons (Fsp3) is 0.304. The van der Waals surface area contributed by atoms with E-state index in [4.69, 9.17) is 4.99 Å². The van der Waals surface area contributed by atoms with E-state index in [2.05, 4.69) is 57.5 Å². The topological polar surface area (TPSA) is 65.7 Å². The third-order valence-electron chi connectivity index (χ3n) is 5.25. The van der Waals surface area contributed by atoms with Crippen molar-refractivity contribution in [2.24, 2.45) is 4.99 Å². The SMILES string of the molecule is Cc1nc2c(n1Cc1ccccc1)=CN(C)C(N[C@@H](CO)Cc1ccccc1)N=2. The van der Waals surface area contributed by atoms with Crippen LogP contribution in [0.3, 0.4) is 0 Å². The highest BCUT2D eigenvalue weighted by Crippen LogP contribution is 2.07. The largest absolute Gasteiger partial charge is 0.395 e. The predicted octanol–water partition coefficient (Wildman–Crippen LogP) is 1.02. The number of aliphatic hydroxyl groups excluding tert-OH is 1. The van der Waals surface area contributed by atoms with Crippen molar-refractivity contribution in [2.45, 2.75) is 32.2 Å². The molecule has 0 saturated carbocycles.